The molecule has 1 saturated heterocycles. The topological polar surface area (TPSA) is 113 Å². The number of aryl methyl sites for hydroxylation is 1. The van der Waals surface area contributed by atoms with E-state index in [1.807, 2.05) is 0 Å². The molecule has 5 N–H and O–H groups in total. The fourth-order valence-corrected chi connectivity index (χ4v) is 3.67. The van der Waals surface area contributed by atoms with Gasteiger partial charge < -0.3 is 20.9 Å². The second-order valence-corrected chi connectivity index (χ2v) is 7.93. The molecule has 29 heavy (non-hydrogen) atoms. The van der Waals surface area contributed by atoms with Crippen LogP contribution in [-0.4, -0.2) is 60.3 Å². The van der Waals surface area contributed by atoms with Crippen molar-refractivity contribution in [2.24, 2.45) is 0 Å². The molecule has 2 aromatic rings. The Morgan fingerprint density at radius 2 is 2.21 bits per heavy atom. The van der Waals surface area contributed by atoms with Crippen molar-refractivity contribution < 1.29 is 19.0 Å². The molecule has 0 bridgehead atoms. The number of amides is 1. The minimum absolute atomic E-state index is 0.0843. The molecule has 1 aliphatic heterocycles. The zero-order valence-corrected chi connectivity index (χ0v) is 17.1. The third-order valence-electron chi connectivity index (χ3n) is 4.73. The van der Waals surface area contributed by atoms with Gasteiger partial charge in [0.2, 0.25) is 0 Å². The lowest BCUT2D eigenvalue weighted by Crippen LogP contribution is -2.38. The lowest BCUT2D eigenvalue weighted by atomic mass is 10.1. The van der Waals surface area contributed by atoms with E-state index in [4.69, 9.17) is 10.5 Å². The number of aliphatic hydroxyl groups is 1. The third kappa shape index (κ3) is 5.94. The van der Waals surface area contributed by atoms with Crippen LogP contribution in [0.1, 0.15) is 33.4 Å². The summed E-state index contributed by atoms with van der Waals surface area (Å²) in [6.45, 7) is 6.41. The molecule has 0 saturated carbocycles. The van der Waals surface area contributed by atoms with E-state index in [0.29, 0.717) is 27.8 Å². The number of hydrogen-bond acceptors (Lipinski definition) is 8. The number of nitrogen functional groups attached to an aromatic ring is 1. The van der Waals surface area contributed by atoms with Crippen LogP contribution < -0.4 is 16.4 Å². The zero-order valence-electron chi connectivity index (χ0n) is 16.3. The summed E-state index contributed by atoms with van der Waals surface area (Å²) in [5, 5.41) is 16.3. The van der Waals surface area contributed by atoms with Crippen molar-refractivity contribution in [3.63, 3.8) is 0 Å². The predicted molar refractivity (Wildman–Crippen MR) is 110 cm³/mol. The van der Waals surface area contributed by atoms with Crippen LogP contribution in [0.25, 0.3) is 0 Å². The molecule has 158 valence electrons. The van der Waals surface area contributed by atoms with Crippen molar-refractivity contribution >= 4 is 28.1 Å². The minimum Gasteiger partial charge on any atom is -0.379 e. The van der Waals surface area contributed by atoms with Crippen LogP contribution in [0.2, 0.25) is 0 Å². The first-order valence-corrected chi connectivity index (χ1v) is 10.3. The van der Waals surface area contributed by atoms with E-state index in [0.717, 1.165) is 50.6 Å². The van der Waals surface area contributed by atoms with Gasteiger partial charge in [-0.15, -0.1) is 0 Å². The van der Waals surface area contributed by atoms with Crippen molar-refractivity contribution in [3.8, 4) is 0 Å². The first-order valence-electron chi connectivity index (χ1n) is 9.48. The summed E-state index contributed by atoms with van der Waals surface area (Å²) in [6, 6.07) is 2.75. The molecule has 1 fully saturated rings. The van der Waals surface area contributed by atoms with E-state index in [2.05, 4.69) is 20.5 Å². The van der Waals surface area contributed by atoms with Crippen LogP contribution in [0.4, 0.5) is 15.2 Å². The molecule has 0 aliphatic carbocycles. The van der Waals surface area contributed by atoms with Crippen molar-refractivity contribution in [1.29, 1.82) is 0 Å². The fourth-order valence-electron chi connectivity index (χ4n) is 3.09. The Morgan fingerprint density at radius 1 is 1.45 bits per heavy atom. The van der Waals surface area contributed by atoms with Gasteiger partial charge in [0.15, 0.2) is 5.13 Å². The lowest BCUT2D eigenvalue weighted by Gasteiger charge is -2.26. The van der Waals surface area contributed by atoms with Crippen LogP contribution in [0.5, 0.6) is 0 Å². The molecule has 1 aliphatic rings. The highest BCUT2D eigenvalue weighted by Crippen LogP contribution is 2.25. The maximum Gasteiger partial charge on any atom is 0.267 e. The highest BCUT2D eigenvalue weighted by atomic mass is 32.1. The van der Waals surface area contributed by atoms with Gasteiger partial charge in [0.1, 0.15) is 16.9 Å². The first kappa shape index (κ1) is 21.6. The SMILES string of the molecule is Cc1cc(F)c(C(O)NCCCN2CCOCC2)cc1NC(=O)c1cnc(N)s1. The second kappa shape index (κ2) is 10.1. The number of morpholine rings is 1. The Kier molecular flexibility index (Phi) is 7.51. The van der Waals surface area contributed by atoms with Gasteiger partial charge >= 0.3 is 0 Å². The molecule has 2 heterocycles. The Hall–Kier alpha value is -2.11. The van der Waals surface area contributed by atoms with Crippen LogP contribution in [-0.2, 0) is 4.74 Å². The summed E-state index contributed by atoms with van der Waals surface area (Å²) in [4.78, 5) is 18.8. The Balaban J connectivity index is 1.57. The first-order chi connectivity index (χ1) is 13.9. The van der Waals surface area contributed by atoms with Crippen LogP contribution in [0.3, 0.4) is 0 Å². The summed E-state index contributed by atoms with van der Waals surface area (Å²) >= 11 is 1.07. The van der Waals surface area contributed by atoms with Gasteiger partial charge in [-0.1, -0.05) is 11.3 Å². The number of rotatable bonds is 8. The number of benzene rings is 1. The number of nitrogens with zero attached hydrogens (tertiary/aromatic N) is 2. The standard InChI is InChI=1S/C19H26FN5O3S/c1-12-9-14(20)13(10-15(12)24-18(27)16-11-23-19(21)29-16)17(26)22-3-2-4-25-5-7-28-8-6-25/h9-11,17,22,26H,2-8H2,1H3,(H2,21,23)(H,24,27). The number of carbonyl (C=O) groups is 1. The van der Waals surface area contributed by atoms with Crippen LogP contribution >= 0.6 is 11.3 Å². The number of nitrogens with two attached hydrogens (primary N) is 1. The number of nitrogens with one attached hydrogen (secondary N) is 2. The Bertz CT molecular complexity index is 841. The number of ether oxygens (including phenoxy) is 1. The number of aliphatic hydroxyl groups excluding tert-OH is 1. The van der Waals surface area contributed by atoms with Crippen LogP contribution in [0, 0.1) is 12.7 Å². The smallest absolute Gasteiger partial charge is 0.267 e. The quantitative estimate of drug-likeness (QED) is 0.378. The van der Waals surface area contributed by atoms with E-state index in [1.165, 1.54) is 18.3 Å². The monoisotopic (exact) mass is 423 g/mol. The Labute approximate surface area is 172 Å². The van der Waals surface area contributed by atoms with Gasteiger partial charge in [0.25, 0.3) is 5.91 Å². The van der Waals surface area contributed by atoms with Gasteiger partial charge in [-0.25, -0.2) is 9.37 Å². The lowest BCUT2D eigenvalue weighted by molar-refractivity contribution is 0.0366. The summed E-state index contributed by atoms with van der Waals surface area (Å²) < 4.78 is 19.7. The van der Waals surface area contributed by atoms with E-state index in [1.54, 1.807) is 6.92 Å². The second-order valence-electron chi connectivity index (χ2n) is 6.87. The number of hydrogen-bond donors (Lipinski definition) is 4. The summed E-state index contributed by atoms with van der Waals surface area (Å²) in [6.07, 6.45) is 1.04. The summed E-state index contributed by atoms with van der Waals surface area (Å²) in [7, 11) is 0. The molecule has 10 heteroatoms. The molecule has 1 aromatic carbocycles. The zero-order chi connectivity index (χ0) is 20.8. The largest absolute Gasteiger partial charge is 0.379 e. The number of halogens is 1. The minimum atomic E-state index is -1.17. The van der Waals surface area contributed by atoms with Gasteiger partial charge in [-0.05, 0) is 44.1 Å². The summed E-state index contributed by atoms with van der Waals surface area (Å²) in [5.41, 5.74) is 6.62. The molecular formula is C19H26FN5O3S. The number of aromatic nitrogens is 1. The molecule has 8 nitrogen and oxygen atoms in total. The number of anilines is 2. The summed E-state index contributed by atoms with van der Waals surface area (Å²) in [5.74, 6) is -0.913. The predicted octanol–water partition coefficient (Wildman–Crippen LogP) is 1.73. The van der Waals surface area contributed by atoms with Crippen LogP contribution in [0.15, 0.2) is 18.3 Å². The van der Waals surface area contributed by atoms with Crippen molar-refractivity contribution in [3.05, 3.63) is 40.2 Å². The average molecular weight is 424 g/mol. The molecule has 1 amide bonds. The van der Waals surface area contributed by atoms with Gasteiger partial charge in [0.05, 0.1) is 19.4 Å². The molecule has 0 radical (unpaired) electrons. The van der Waals surface area contributed by atoms with E-state index < -0.39 is 12.0 Å². The van der Waals surface area contributed by atoms with Crippen molar-refractivity contribution in [2.45, 2.75) is 19.6 Å². The molecule has 1 unspecified atom stereocenters. The molecule has 1 aromatic heterocycles. The number of thiazole rings is 1. The number of carbonyl (C=O) groups excluding carboxylic acids is 1. The maximum atomic E-state index is 14.4. The Morgan fingerprint density at radius 3 is 2.90 bits per heavy atom. The van der Waals surface area contributed by atoms with E-state index >= 15 is 0 Å². The fraction of sp³-hybridized carbons (Fsp3) is 0.474. The van der Waals surface area contributed by atoms with Gasteiger partial charge in [0, 0.05) is 24.3 Å². The maximum absolute atomic E-state index is 14.4. The third-order valence-corrected chi connectivity index (χ3v) is 5.55. The van der Waals surface area contributed by atoms with Gasteiger partial charge in [-0.3, -0.25) is 15.0 Å². The van der Waals surface area contributed by atoms with E-state index in [-0.39, 0.29) is 11.5 Å². The molecule has 1 atom stereocenters. The van der Waals surface area contributed by atoms with Crippen molar-refractivity contribution in [2.75, 3.05) is 50.4 Å². The normalized spacial score (nSPS) is 16.0. The van der Waals surface area contributed by atoms with E-state index in [9.17, 15) is 14.3 Å². The van der Waals surface area contributed by atoms with Crippen molar-refractivity contribution in [1.82, 2.24) is 15.2 Å². The highest BCUT2D eigenvalue weighted by molar-refractivity contribution is 7.17. The van der Waals surface area contributed by atoms with Gasteiger partial charge in [-0.2, -0.15) is 0 Å². The average Bonchev–Trinajstić information content (AvgIpc) is 3.14. The molecule has 3 rings (SSSR count). The highest BCUT2D eigenvalue weighted by Gasteiger charge is 2.18. The molecular weight excluding hydrogens is 397 g/mol. The molecule has 0 spiro atoms.